The Kier molecular flexibility index (Phi) is 7.42. The maximum absolute atomic E-state index is 13.7. The smallest absolute Gasteiger partial charge is 0.220 e. The maximum Gasteiger partial charge on any atom is 0.220 e. The highest BCUT2D eigenvalue weighted by Gasteiger charge is 2.19. The third-order valence-corrected chi connectivity index (χ3v) is 4.58. The zero-order valence-corrected chi connectivity index (χ0v) is 15.6. The number of fused-ring (bicyclic) bond motifs is 1. The van der Waals surface area contributed by atoms with Gasteiger partial charge in [-0.2, -0.15) is 0 Å². The normalized spacial score (nSPS) is 15.5. The van der Waals surface area contributed by atoms with Gasteiger partial charge in [0, 0.05) is 19.0 Å². The number of amides is 1. The summed E-state index contributed by atoms with van der Waals surface area (Å²) in [7, 11) is 1.43. The largest absolute Gasteiger partial charge is 0.494 e. The molecule has 4 nitrogen and oxygen atoms in total. The number of hydrogen-bond acceptors (Lipinski definition) is 3. The summed E-state index contributed by atoms with van der Waals surface area (Å²) in [5.74, 6) is -0.209. The van der Waals surface area contributed by atoms with E-state index in [4.69, 9.17) is 4.74 Å². The Morgan fingerprint density at radius 2 is 2.12 bits per heavy atom. The summed E-state index contributed by atoms with van der Waals surface area (Å²) in [6.45, 7) is 1.48. The molecule has 0 bridgehead atoms. The average molecular weight is 379 g/mol. The van der Waals surface area contributed by atoms with Crippen molar-refractivity contribution in [2.75, 3.05) is 20.2 Å². The molecule has 1 heterocycles. The Morgan fingerprint density at radius 1 is 1.31 bits per heavy atom. The van der Waals surface area contributed by atoms with E-state index in [1.807, 2.05) is 12.1 Å². The second-order valence-corrected chi connectivity index (χ2v) is 6.23. The SMILES string of the molecule is COc1ccc(CCC(=O)NCC2NCCc3ccccc32)cc1F.Cl. The lowest BCUT2D eigenvalue weighted by Gasteiger charge is -2.27. The fourth-order valence-corrected chi connectivity index (χ4v) is 3.20. The van der Waals surface area contributed by atoms with Gasteiger partial charge in [0.15, 0.2) is 11.6 Å². The van der Waals surface area contributed by atoms with Crippen LogP contribution in [0.15, 0.2) is 42.5 Å². The van der Waals surface area contributed by atoms with Crippen molar-refractivity contribution in [3.63, 3.8) is 0 Å². The molecule has 1 atom stereocenters. The molecule has 6 heteroatoms. The molecule has 140 valence electrons. The summed E-state index contributed by atoms with van der Waals surface area (Å²) in [5.41, 5.74) is 3.38. The highest BCUT2D eigenvalue weighted by Crippen LogP contribution is 2.22. The van der Waals surface area contributed by atoms with Crippen molar-refractivity contribution in [3.05, 3.63) is 65.0 Å². The molecule has 0 fully saturated rings. The first-order valence-electron chi connectivity index (χ1n) is 8.57. The molecule has 0 saturated heterocycles. The summed E-state index contributed by atoms with van der Waals surface area (Å²) in [4.78, 5) is 12.1. The fourth-order valence-electron chi connectivity index (χ4n) is 3.20. The topological polar surface area (TPSA) is 50.4 Å². The van der Waals surface area contributed by atoms with Crippen LogP contribution in [-0.2, 0) is 17.6 Å². The summed E-state index contributed by atoms with van der Waals surface area (Å²) in [6.07, 6.45) is 1.85. The van der Waals surface area contributed by atoms with Crippen LogP contribution in [0.1, 0.15) is 29.2 Å². The number of hydrogen-bond donors (Lipinski definition) is 2. The van der Waals surface area contributed by atoms with E-state index in [-0.39, 0.29) is 30.1 Å². The number of benzene rings is 2. The lowest BCUT2D eigenvalue weighted by molar-refractivity contribution is -0.121. The molecular weight excluding hydrogens is 355 g/mol. The van der Waals surface area contributed by atoms with E-state index in [9.17, 15) is 9.18 Å². The van der Waals surface area contributed by atoms with Crippen LogP contribution in [0.2, 0.25) is 0 Å². The molecule has 26 heavy (non-hydrogen) atoms. The van der Waals surface area contributed by atoms with Crippen LogP contribution < -0.4 is 15.4 Å². The molecule has 2 aromatic carbocycles. The van der Waals surface area contributed by atoms with Crippen LogP contribution in [0.3, 0.4) is 0 Å². The van der Waals surface area contributed by atoms with Crippen molar-refractivity contribution in [2.45, 2.75) is 25.3 Å². The minimum Gasteiger partial charge on any atom is -0.494 e. The third-order valence-electron chi connectivity index (χ3n) is 4.58. The van der Waals surface area contributed by atoms with Crippen molar-refractivity contribution < 1.29 is 13.9 Å². The van der Waals surface area contributed by atoms with Gasteiger partial charge >= 0.3 is 0 Å². The number of halogens is 2. The number of ether oxygens (including phenoxy) is 1. The molecule has 2 aromatic rings. The second-order valence-electron chi connectivity index (χ2n) is 6.23. The van der Waals surface area contributed by atoms with Gasteiger partial charge in [0.1, 0.15) is 0 Å². The number of methoxy groups -OCH3 is 1. The van der Waals surface area contributed by atoms with Crippen LogP contribution in [-0.4, -0.2) is 26.1 Å². The van der Waals surface area contributed by atoms with Crippen LogP contribution in [0, 0.1) is 5.82 Å². The first-order chi connectivity index (χ1) is 12.2. The first kappa shape index (κ1) is 20.2. The second kappa shape index (κ2) is 9.55. The van der Waals surface area contributed by atoms with Gasteiger partial charge in [-0.15, -0.1) is 12.4 Å². The molecule has 0 aromatic heterocycles. The van der Waals surface area contributed by atoms with E-state index in [1.165, 1.54) is 24.3 Å². The van der Waals surface area contributed by atoms with Crippen LogP contribution in [0.25, 0.3) is 0 Å². The molecule has 0 aliphatic carbocycles. The lowest BCUT2D eigenvalue weighted by Crippen LogP contribution is -2.38. The number of nitrogens with one attached hydrogen (secondary N) is 2. The van der Waals surface area contributed by atoms with Gasteiger partial charge in [-0.1, -0.05) is 30.3 Å². The Bertz CT molecular complexity index is 754. The standard InChI is InChI=1S/C20H23FN2O2.ClH/c1-25-19-8-6-14(12-17(19)21)7-9-20(24)23-13-18-16-5-3-2-4-15(16)10-11-22-18;/h2-6,8,12,18,22H,7,9-11,13H2,1H3,(H,23,24);1H. The van der Waals surface area contributed by atoms with Gasteiger partial charge in [-0.05, 0) is 48.2 Å². The van der Waals surface area contributed by atoms with Gasteiger partial charge in [0.2, 0.25) is 5.91 Å². The van der Waals surface area contributed by atoms with Gasteiger partial charge in [-0.25, -0.2) is 4.39 Å². The monoisotopic (exact) mass is 378 g/mol. The van der Waals surface area contributed by atoms with Gasteiger partial charge in [0.05, 0.1) is 7.11 Å². The fraction of sp³-hybridized carbons (Fsp3) is 0.350. The zero-order valence-electron chi connectivity index (χ0n) is 14.8. The third kappa shape index (κ3) is 4.96. The molecule has 1 unspecified atom stereocenters. The Morgan fingerprint density at radius 3 is 2.88 bits per heavy atom. The predicted octanol–water partition coefficient (Wildman–Crippen LogP) is 3.19. The van der Waals surface area contributed by atoms with Crippen molar-refractivity contribution in [3.8, 4) is 5.75 Å². The summed E-state index contributed by atoms with van der Waals surface area (Å²) in [5, 5.41) is 6.43. The molecule has 2 N–H and O–H groups in total. The van der Waals surface area contributed by atoms with Crippen molar-refractivity contribution in [1.82, 2.24) is 10.6 Å². The van der Waals surface area contributed by atoms with E-state index in [0.29, 0.717) is 19.4 Å². The van der Waals surface area contributed by atoms with Crippen LogP contribution in [0.4, 0.5) is 4.39 Å². The maximum atomic E-state index is 13.7. The molecule has 1 aliphatic heterocycles. The van der Waals surface area contributed by atoms with Crippen molar-refractivity contribution in [2.24, 2.45) is 0 Å². The first-order valence-corrected chi connectivity index (χ1v) is 8.57. The molecular formula is C20H24ClFN2O2. The summed E-state index contributed by atoms with van der Waals surface area (Å²) >= 11 is 0. The van der Waals surface area contributed by atoms with Gasteiger partial charge in [-0.3, -0.25) is 4.79 Å². The van der Waals surface area contributed by atoms with E-state index in [0.717, 1.165) is 18.5 Å². The highest BCUT2D eigenvalue weighted by atomic mass is 35.5. The number of rotatable bonds is 6. The molecule has 0 spiro atoms. The lowest BCUT2D eigenvalue weighted by atomic mass is 9.94. The molecule has 0 saturated carbocycles. The Balaban J connectivity index is 0.00000243. The minimum atomic E-state index is -0.400. The van der Waals surface area contributed by atoms with E-state index in [2.05, 4.69) is 22.8 Å². The van der Waals surface area contributed by atoms with E-state index >= 15 is 0 Å². The summed E-state index contributed by atoms with van der Waals surface area (Å²) < 4.78 is 18.6. The quantitative estimate of drug-likeness (QED) is 0.811. The number of carbonyl (C=O) groups excluding carboxylic acids is 1. The summed E-state index contributed by atoms with van der Waals surface area (Å²) in [6, 6.07) is 13.3. The Labute approximate surface area is 159 Å². The van der Waals surface area contributed by atoms with Crippen molar-refractivity contribution in [1.29, 1.82) is 0 Å². The number of carbonyl (C=O) groups is 1. The molecule has 3 rings (SSSR count). The molecule has 1 aliphatic rings. The van der Waals surface area contributed by atoms with Crippen molar-refractivity contribution >= 4 is 18.3 Å². The van der Waals surface area contributed by atoms with E-state index in [1.54, 1.807) is 12.1 Å². The van der Waals surface area contributed by atoms with Gasteiger partial charge in [0.25, 0.3) is 0 Å². The zero-order chi connectivity index (χ0) is 17.6. The number of aryl methyl sites for hydroxylation is 1. The van der Waals surface area contributed by atoms with Gasteiger partial charge < -0.3 is 15.4 Å². The van der Waals surface area contributed by atoms with Crippen LogP contribution >= 0.6 is 12.4 Å². The molecule has 1 amide bonds. The Hall–Kier alpha value is -2.11. The van der Waals surface area contributed by atoms with Crippen LogP contribution in [0.5, 0.6) is 5.75 Å². The average Bonchev–Trinajstić information content (AvgIpc) is 2.64. The van der Waals surface area contributed by atoms with E-state index < -0.39 is 5.82 Å². The highest BCUT2D eigenvalue weighted by molar-refractivity contribution is 5.85. The minimum absolute atomic E-state index is 0. The molecule has 0 radical (unpaired) electrons. The predicted molar refractivity (Wildman–Crippen MR) is 102 cm³/mol.